The Hall–Kier alpha value is -1.82. The number of amides is 2. The first kappa shape index (κ1) is 14.1. The van der Waals surface area contributed by atoms with Gasteiger partial charge in [-0.1, -0.05) is 0 Å². The summed E-state index contributed by atoms with van der Waals surface area (Å²) < 4.78 is 1.91. The molecule has 2 amide bonds. The van der Waals surface area contributed by atoms with Gasteiger partial charge in [0.2, 0.25) is 0 Å². The number of nitrogens with one attached hydrogen (secondary N) is 2. The number of aryl methyl sites for hydroxylation is 1. The minimum atomic E-state index is -0.0908. The molecule has 0 radical (unpaired) electrons. The minimum absolute atomic E-state index is 0.0867. The molecule has 2 aromatic heterocycles. The van der Waals surface area contributed by atoms with Crippen molar-refractivity contribution in [2.45, 2.75) is 31.7 Å². The van der Waals surface area contributed by atoms with Crippen molar-refractivity contribution >= 4 is 17.4 Å². The summed E-state index contributed by atoms with van der Waals surface area (Å²) in [5.74, 6) is 0. The molecule has 2 aromatic rings. The van der Waals surface area contributed by atoms with Crippen LogP contribution in [0.25, 0.3) is 0 Å². The summed E-state index contributed by atoms with van der Waals surface area (Å²) in [5, 5.41) is 14.5. The van der Waals surface area contributed by atoms with Crippen molar-refractivity contribution in [1.82, 2.24) is 20.4 Å². The summed E-state index contributed by atoms with van der Waals surface area (Å²) in [4.78, 5) is 12.0. The van der Waals surface area contributed by atoms with Gasteiger partial charge in [0.1, 0.15) is 0 Å². The van der Waals surface area contributed by atoms with Crippen LogP contribution in [-0.4, -0.2) is 22.4 Å². The maximum atomic E-state index is 12.0. The lowest BCUT2D eigenvalue weighted by atomic mass is 9.93. The van der Waals surface area contributed by atoms with Crippen LogP contribution in [0, 0.1) is 0 Å². The summed E-state index contributed by atoms with van der Waals surface area (Å²) in [5.41, 5.74) is 3.68. The van der Waals surface area contributed by atoms with Gasteiger partial charge in [0, 0.05) is 24.8 Å². The fraction of sp³-hybridized carbons (Fsp3) is 0.467. The molecule has 1 aliphatic rings. The molecule has 0 fully saturated rings. The topological polar surface area (TPSA) is 59.0 Å². The maximum absolute atomic E-state index is 12.0. The van der Waals surface area contributed by atoms with E-state index in [2.05, 4.69) is 32.6 Å². The van der Waals surface area contributed by atoms with Crippen molar-refractivity contribution in [2.75, 3.05) is 6.54 Å². The molecule has 0 saturated heterocycles. The van der Waals surface area contributed by atoms with Gasteiger partial charge in [0.05, 0.1) is 12.2 Å². The first-order chi connectivity index (χ1) is 10.2. The Morgan fingerprint density at radius 1 is 1.57 bits per heavy atom. The van der Waals surface area contributed by atoms with Gasteiger partial charge < -0.3 is 10.6 Å². The van der Waals surface area contributed by atoms with Gasteiger partial charge in [-0.15, -0.1) is 0 Å². The summed E-state index contributed by atoms with van der Waals surface area (Å²) >= 11 is 1.68. The van der Waals surface area contributed by atoms with Crippen LogP contribution in [0.4, 0.5) is 4.79 Å². The van der Waals surface area contributed by atoms with Crippen LogP contribution in [0.15, 0.2) is 23.0 Å². The first-order valence-electron chi connectivity index (χ1n) is 7.30. The number of hydrogen-bond acceptors (Lipinski definition) is 3. The molecular weight excluding hydrogens is 284 g/mol. The molecule has 0 bridgehead atoms. The summed E-state index contributed by atoms with van der Waals surface area (Å²) in [6, 6.07) is 2.09. The van der Waals surface area contributed by atoms with E-state index in [9.17, 15) is 4.79 Å². The normalized spacial score (nSPS) is 17.3. The Balaban J connectivity index is 1.51. The lowest BCUT2D eigenvalue weighted by Crippen LogP contribution is -2.39. The molecule has 1 atom stereocenters. The van der Waals surface area contributed by atoms with Gasteiger partial charge >= 0.3 is 6.03 Å². The zero-order chi connectivity index (χ0) is 14.7. The zero-order valence-electron chi connectivity index (χ0n) is 12.1. The van der Waals surface area contributed by atoms with Crippen molar-refractivity contribution in [3.8, 4) is 0 Å². The van der Waals surface area contributed by atoms with Gasteiger partial charge in [-0.3, -0.25) is 4.68 Å². The largest absolute Gasteiger partial charge is 0.338 e. The predicted octanol–water partition coefficient (Wildman–Crippen LogP) is 2.40. The Morgan fingerprint density at radius 2 is 2.48 bits per heavy atom. The highest BCUT2D eigenvalue weighted by Gasteiger charge is 2.24. The van der Waals surface area contributed by atoms with E-state index in [-0.39, 0.29) is 12.1 Å². The highest BCUT2D eigenvalue weighted by Crippen LogP contribution is 2.28. The number of fused-ring (bicyclic) bond motifs is 1. The lowest BCUT2D eigenvalue weighted by molar-refractivity contribution is 0.235. The van der Waals surface area contributed by atoms with E-state index in [4.69, 9.17) is 0 Å². The van der Waals surface area contributed by atoms with E-state index in [1.807, 2.05) is 17.9 Å². The number of aromatic nitrogens is 2. The number of nitrogens with zero attached hydrogens (tertiary/aromatic N) is 2. The SMILES string of the molecule is Cn1ncc2c1CCCC2NC(=O)NCCc1ccsc1. The zero-order valence-corrected chi connectivity index (χ0v) is 12.9. The highest BCUT2D eigenvalue weighted by molar-refractivity contribution is 7.07. The van der Waals surface area contributed by atoms with Crippen LogP contribution in [0.3, 0.4) is 0 Å². The predicted molar refractivity (Wildman–Crippen MR) is 83.4 cm³/mol. The molecular formula is C15H20N4OS. The molecule has 112 valence electrons. The Kier molecular flexibility index (Phi) is 4.24. The lowest BCUT2D eigenvalue weighted by Gasteiger charge is -2.23. The van der Waals surface area contributed by atoms with Gasteiger partial charge in [-0.25, -0.2) is 4.79 Å². The molecule has 5 nitrogen and oxygen atoms in total. The van der Waals surface area contributed by atoms with E-state index in [0.717, 1.165) is 31.2 Å². The molecule has 21 heavy (non-hydrogen) atoms. The van der Waals surface area contributed by atoms with Crippen molar-refractivity contribution in [2.24, 2.45) is 7.05 Å². The molecule has 0 saturated carbocycles. The number of hydrogen-bond donors (Lipinski definition) is 2. The highest BCUT2D eigenvalue weighted by atomic mass is 32.1. The fourth-order valence-corrected chi connectivity index (χ4v) is 3.52. The molecule has 2 N–H and O–H groups in total. The second-order valence-electron chi connectivity index (χ2n) is 5.40. The van der Waals surface area contributed by atoms with Crippen LogP contribution in [0.5, 0.6) is 0 Å². The van der Waals surface area contributed by atoms with Crippen molar-refractivity contribution in [1.29, 1.82) is 0 Å². The van der Waals surface area contributed by atoms with Crippen LogP contribution in [0.2, 0.25) is 0 Å². The third kappa shape index (κ3) is 3.26. The average Bonchev–Trinajstić information content (AvgIpc) is 3.10. The fourth-order valence-electron chi connectivity index (χ4n) is 2.82. The smallest absolute Gasteiger partial charge is 0.315 e. The minimum Gasteiger partial charge on any atom is -0.338 e. The Bertz CT molecular complexity index is 605. The summed E-state index contributed by atoms with van der Waals surface area (Å²) in [7, 11) is 1.96. The second kappa shape index (κ2) is 6.30. The molecule has 1 aliphatic carbocycles. The average molecular weight is 304 g/mol. The summed E-state index contributed by atoms with van der Waals surface area (Å²) in [6.07, 6.45) is 5.87. The molecule has 3 rings (SSSR count). The quantitative estimate of drug-likeness (QED) is 0.911. The molecule has 0 spiro atoms. The molecule has 2 heterocycles. The van der Waals surface area contributed by atoms with Gasteiger partial charge in [0.25, 0.3) is 0 Å². The van der Waals surface area contributed by atoms with Crippen molar-refractivity contribution < 1.29 is 4.79 Å². The van der Waals surface area contributed by atoms with Crippen LogP contribution < -0.4 is 10.6 Å². The molecule has 0 aromatic carbocycles. The maximum Gasteiger partial charge on any atom is 0.315 e. The number of carbonyl (C=O) groups is 1. The standard InChI is InChI=1S/C15H20N4OS/c1-19-14-4-2-3-13(12(14)9-17-19)18-15(20)16-7-5-11-6-8-21-10-11/h6,8-10,13H,2-5,7H2,1H3,(H2,16,18,20). The van der Waals surface area contributed by atoms with E-state index in [0.29, 0.717) is 6.54 Å². The van der Waals surface area contributed by atoms with Crippen LogP contribution in [-0.2, 0) is 19.9 Å². The third-order valence-electron chi connectivity index (χ3n) is 3.96. The van der Waals surface area contributed by atoms with E-state index in [1.165, 1.54) is 11.3 Å². The van der Waals surface area contributed by atoms with E-state index >= 15 is 0 Å². The number of carbonyl (C=O) groups excluding carboxylic acids is 1. The monoisotopic (exact) mass is 304 g/mol. The number of thiophene rings is 1. The van der Waals surface area contributed by atoms with E-state index < -0.39 is 0 Å². The van der Waals surface area contributed by atoms with Crippen LogP contribution >= 0.6 is 11.3 Å². The second-order valence-corrected chi connectivity index (χ2v) is 6.18. The number of rotatable bonds is 4. The Labute approximate surface area is 128 Å². The van der Waals surface area contributed by atoms with E-state index in [1.54, 1.807) is 11.3 Å². The van der Waals surface area contributed by atoms with Gasteiger partial charge in [-0.2, -0.15) is 16.4 Å². The molecule has 0 aliphatic heterocycles. The van der Waals surface area contributed by atoms with Crippen LogP contribution in [0.1, 0.15) is 35.7 Å². The van der Waals surface area contributed by atoms with Gasteiger partial charge in [0.15, 0.2) is 0 Å². The summed E-state index contributed by atoms with van der Waals surface area (Å²) in [6.45, 7) is 0.662. The number of urea groups is 1. The van der Waals surface area contributed by atoms with Crippen molar-refractivity contribution in [3.63, 3.8) is 0 Å². The third-order valence-corrected chi connectivity index (χ3v) is 4.69. The molecule has 6 heteroatoms. The van der Waals surface area contributed by atoms with Gasteiger partial charge in [-0.05, 0) is 48.1 Å². The first-order valence-corrected chi connectivity index (χ1v) is 8.24. The Morgan fingerprint density at radius 3 is 3.29 bits per heavy atom. The molecule has 1 unspecified atom stereocenters. The van der Waals surface area contributed by atoms with Crippen molar-refractivity contribution in [3.05, 3.63) is 39.8 Å².